The number of aliphatic hydroxyl groups is 1. The standard InChI is InChI=1S/C28H29NO7/c1-16-8-10-21(29-16)26(33)35-23-13-27(2,3)15-28(24(23)30)34-14-18-12-17(9-11-22(18)36-28)19-6-4-5-7-20(19)25(31)32/h4-12,23-24,29-30H,13-15H2,1-3H3,(H,31,32)/t23-,24-,28-/m0/s1. The van der Waals surface area contributed by atoms with Gasteiger partial charge in [0.2, 0.25) is 5.79 Å². The molecule has 3 aromatic rings. The zero-order valence-corrected chi connectivity index (χ0v) is 20.4. The Morgan fingerprint density at radius 3 is 2.61 bits per heavy atom. The van der Waals surface area contributed by atoms with Crippen molar-refractivity contribution in [2.75, 3.05) is 0 Å². The molecule has 188 valence electrons. The van der Waals surface area contributed by atoms with Gasteiger partial charge in [0, 0.05) is 17.7 Å². The lowest BCUT2D eigenvalue weighted by Crippen LogP contribution is -2.63. The third kappa shape index (κ3) is 4.38. The maximum Gasteiger partial charge on any atom is 0.355 e. The highest BCUT2D eigenvalue weighted by Crippen LogP contribution is 2.48. The molecule has 2 aliphatic rings. The van der Waals surface area contributed by atoms with Crippen molar-refractivity contribution in [2.24, 2.45) is 5.41 Å². The van der Waals surface area contributed by atoms with Gasteiger partial charge >= 0.3 is 11.9 Å². The molecular formula is C28H29NO7. The lowest BCUT2D eigenvalue weighted by Gasteiger charge is -2.51. The second-order valence-corrected chi connectivity index (χ2v) is 10.4. The highest BCUT2D eigenvalue weighted by atomic mass is 16.7. The summed E-state index contributed by atoms with van der Waals surface area (Å²) in [7, 11) is 0. The Hall–Kier alpha value is -3.62. The van der Waals surface area contributed by atoms with E-state index in [-0.39, 0.29) is 17.6 Å². The number of rotatable bonds is 4. The molecule has 0 amide bonds. The van der Waals surface area contributed by atoms with Crippen LogP contribution in [0, 0.1) is 12.3 Å². The second-order valence-electron chi connectivity index (χ2n) is 10.4. The molecule has 1 saturated carbocycles. The fourth-order valence-corrected chi connectivity index (χ4v) is 5.24. The van der Waals surface area contributed by atoms with Crippen LogP contribution in [-0.2, 0) is 16.1 Å². The molecule has 2 heterocycles. The van der Waals surface area contributed by atoms with Crippen LogP contribution in [0.2, 0.25) is 0 Å². The minimum atomic E-state index is -1.38. The molecule has 1 aromatic heterocycles. The first-order valence-electron chi connectivity index (χ1n) is 11.9. The summed E-state index contributed by atoms with van der Waals surface area (Å²) in [4.78, 5) is 27.3. The van der Waals surface area contributed by atoms with Crippen molar-refractivity contribution in [3.8, 4) is 16.9 Å². The number of aromatic amines is 1. The van der Waals surface area contributed by atoms with E-state index in [2.05, 4.69) is 4.98 Å². The number of carboxylic acids is 1. The van der Waals surface area contributed by atoms with Gasteiger partial charge in [-0.15, -0.1) is 0 Å². The van der Waals surface area contributed by atoms with Crippen molar-refractivity contribution < 1.29 is 34.0 Å². The van der Waals surface area contributed by atoms with Crippen LogP contribution >= 0.6 is 0 Å². The molecule has 0 saturated heterocycles. The Kier molecular flexibility index (Phi) is 5.89. The van der Waals surface area contributed by atoms with Gasteiger partial charge in [0.1, 0.15) is 17.5 Å². The van der Waals surface area contributed by atoms with E-state index >= 15 is 0 Å². The van der Waals surface area contributed by atoms with E-state index in [1.807, 2.05) is 26.8 Å². The SMILES string of the molecule is Cc1ccc(C(=O)O[C@H]2CC(C)(C)C[C@@]3(OCc4cc(-c5ccccc5C(=O)O)ccc4O3)[C@H]2O)[nH]1. The number of ether oxygens (including phenoxy) is 3. The van der Waals surface area contributed by atoms with Gasteiger partial charge in [-0.3, -0.25) is 0 Å². The molecule has 1 fully saturated rings. The van der Waals surface area contributed by atoms with E-state index in [0.717, 1.165) is 16.8 Å². The van der Waals surface area contributed by atoms with Crippen LogP contribution in [0.1, 0.15) is 58.8 Å². The third-order valence-electron chi connectivity index (χ3n) is 6.88. The molecule has 1 aliphatic heterocycles. The quantitative estimate of drug-likeness (QED) is 0.453. The molecule has 36 heavy (non-hydrogen) atoms. The highest BCUT2D eigenvalue weighted by Gasteiger charge is 2.57. The summed E-state index contributed by atoms with van der Waals surface area (Å²) in [5.41, 5.74) is 3.09. The molecule has 8 heteroatoms. The molecule has 0 unspecified atom stereocenters. The van der Waals surface area contributed by atoms with E-state index in [1.165, 1.54) is 0 Å². The summed E-state index contributed by atoms with van der Waals surface area (Å²) in [6.45, 7) is 6.04. The molecule has 2 aromatic carbocycles. The lowest BCUT2D eigenvalue weighted by molar-refractivity contribution is -0.304. The van der Waals surface area contributed by atoms with Gasteiger partial charge in [-0.1, -0.05) is 38.1 Å². The van der Waals surface area contributed by atoms with E-state index in [1.54, 1.807) is 48.5 Å². The summed E-state index contributed by atoms with van der Waals surface area (Å²) < 4.78 is 18.2. The van der Waals surface area contributed by atoms with Crippen molar-refractivity contribution in [1.29, 1.82) is 0 Å². The molecule has 3 N–H and O–H groups in total. The maximum atomic E-state index is 12.7. The second kappa shape index (κ2) is 8.80. The number of aliphatic hydroxyl groups excluding tert-OH is 1. The molecular weight excluding hydrogens is 462 g/mol. The molecule has 0 radical (unpaired) electrons. The number of H-pyrrole nitrogens is 1. The number of fused-ring (bicyclic) bond motifs is 1. The number of hydrogen-bond acceptors (Lipinski definition) is 6. The zero-order valence-electron chi connectivity index (χ0n) is 20.4. The van der Waals surface area contributed by atoms with Crippen LogP contribution in [0.5, 0.6) is 5.75 Å². The number of nitrogens with one attached hydrogen (secondary N) is 1. The summed E-state index contributed by atoms with van der Waals surface area (Å²) in [5, 5.41) is 20.9. The molecule has 8 nitrogen and oxygen atoms in total. The molecule has 1 aliphatic carbocycles. The predicted molar refractivity (Wildman–Crippen MR) is 131 cm³/mol. The smallest absolute Gasteiger partial charge is 0.355 e. The number of carboxylic acid groups (broad SMARTS) is 1. The summed E-state index contributed by atoms with van der Waals surface area (Å²) in [6, 6.07) is 15.6. The summed E-state index contributed by atoms with van der Waals surface area (Å²) in [5.74, 6) is -2.39. The van der Waals surface area contributed by atoms with Gasteiger partial charge in [0.05, 0.1) is 12.2 Å². The van der Waals surface area contributed by atoms with Gasteiger partial charge < -0.3 is 29.4 Å². The van der Waals surface area contributed by atoms with Gasteiger partial charge in [-0.05, 0) is 60.2 Å². The minimum absolute atomic E-state index is 0.155. The maximum absolute atomic E-state index is 12.7. The fraction of sp³-hybridized carbons (Fsp3) is 0.357. The van der Waals surface area contributed by atoms with Crippen LogP contribution in [0.15, 0.2) is 54.6 Å². The van der Waals surface area contributed by atoms with Crippen molar-refractivity contribution in [2.45, 2.75) is 58.2 Å². The van der Waals surface area contributed by atoms with E-state index in [4.69, 9.17) is 14.2 Å². The normalized spacial score (nSPS) is 24.6. The number of esters is 1. The van der Waals surface area contributed by atoms with Gasteiger partial charge in [0.15, 0.2) is 6.10 Å². The van der Waals surface area contributed by atoms with Crippen LogP contribution in [0.4, 0.5) is 0 Å². The molecule has 3 atom stereocenters. The first kappa shape index (κ1) is 24.1. The number of aryl methyl sites for hydroxylation is 1. The summed E-state index contributed by atoms with van der Waals surface area (Å²) in [6.07, 6.45) is -1.18. The Labute approximate surface area is 208 Å². The number of aromatic nitrogens is 1. The monoisotopic (exact) mass is 491 g/mol. The number of benzene rings is 2. The van der Waals surface area contributed by atoms with Crippen LogP contribution < -0.4 is 4.74 Å². The Morgan fingerprint density at radius 1 is 1.11 bits per heavy atom. The first-order valence-corrected chi connectivity index (χ1v) is 11.9. The van der Waals surface area contributed by atoms with Crippen molar-refractivity contribution in [3.05, 3.63) is 77.1 Å². The predicted octanol–water partition coefficient (Wildman–Crippen LogP) is 4.70. The lowest BCUT2D eigenvalue weighted by atomic mass is 9.71. The van der Waals surface area contributed by atoms with Crippen molar-refractivity contribution >= 4 is 11.9 Å². The molecule has 0 bridgehead atoms. The Balaban J connectivity index is 1.42. The average Bonchev–Trinajstić information content (AvgIpc) is 3.28. The number of aromatic carboxylic acids is 1. The van der Waals surface area contributed by atoms with E-state index in [9.17, 15) is 19.8 Å². The van der Waals surface area contributed by atoms with Crippen LogP contribution in [-0.4, -0.2) is 45.1 Å². The highest BCUT2D eigenvalue weighted by molar-refractivity contribution is 5.96. The van der Waals surface area contributed by atoms with Gasteiger partial charge in [0.25, 0.3) is 0 Å². The molecule has 5 rings (SSSR count). The topological polar surface area (TPSA) is 118 Å². The number of hydrogen-bond donors (Lipinski definition) is 3. The number of carbonyl (C=O) groups excluding carboxylic acids is 1. The van der Waals surface area contributed by atoms with Crippen molar-refractivity contribution in [3.63, 3.8) is 0 Å². The fourth-order valence-electron chi connectivity index (χ4n) is 5.24. The first-order chi connectivity index (χ1) is 17.1. The average molecular weight is 492 g/mol. The van der Waals surface area contributed by atoms with Crippen molar-refractivity contribution in [1.82, 2.24) is 4.98 Å². The Morgan fingerprint density at radius 2 is 1.89 bits per heavy atom. The van der Waals surface area contributed by atoms with Crippen LogP contribution in [0.3, 0.4) is 0 Å². The van der Waals surface area contributed by atoms with Gasteiger partial charge in [-0.2, -0.15) is 0 Å². The summed E-state index contributed by atoms with van der Waals surface area (Å²) >= 11 is 0. The number of carbonyl (C=O) groups is 2. The van der Waals surface area contributed by atoms with Gasteiger partial charge in [-0.25, -0.2) is 9.59 Å². The van der Waals surface area contributed by atoms with Crippen LogP contribution in [0.25, 0.3) is 11.1 Å². The minimum Gasteiger partial charge on any atom is -0.478 e. The molecule has 1 spiro atoms. The third-order valence-corrected chi connectivity index (χ3v) is 6.88. The largest absolute Gasteiger partial charge is 0.478 e. The Bertz CT molecular complexity index is 1330. The zero-order chi connectivity index (χ0) is 25.7. The van der Waals surface area contributed by atoms with E-state index < -0.39 is 29.9 Å². The van der Waals surface area contributed by atoms with E-state index in [0.29, 0.717) is 29.8 Å².